The number of hydrogen-bond acceptors (Lipinski definition) is 2. The molecular weight excluding hydrogens is 330 g/mol. The molecule has 4 rings (SSSR count). The van der Waals surface area contributed by atoms with Crippen LogP contribution in [-0.4, -0.2) is 0 Å². The number of para-hydroxylation sites is 1. The lowest BCUT2D eigenvalue weighted by atomic mass is 9.99. The summed E-state index contributed by atoms with van der Waals surface area (Å²) in [6.07, 6.45) is 8.15. The molecule has 0 radical (unpaired) electrons. The van der Waals surface area contributed by atoms with Crippen molar-refractivity contribution < 1.29 is 4.74 Å². The third kappa shape index (κ3) is 4.19. The standard InChI is InChI=1S/C25H27NO/c1-18(2)16-20-13-15-25-23(17-20)26-22(14-12-19-8-4-3-5-9-19)21-10-6-7-11-24(21)27-25/h6-8,10-11,13,15,17-18,22,26H,3-5,9,16H2,1-2H3/t22-/m1/s1. The van der Waals surface area contributed by atoms with Crippen molar-refractivity contribution in [2.24, 2.45) is 5.92 Å². The van der Waals surface area contributed by atoms with Gasteiger partial charge < -0.3 is 10.1 Å². The zero-order chi connectivity index (χ0) is 18.6. The molecule has 0 saturated carbocycles. The van der Waals surface area contributed by atoms with E-state index in [0.29, 0.717) is 5.92 Å². The number of allylic oxidation sites excluding steroid dienone is 2. The Hall–Kier alpha value is -2.66. The first-order chi connectivity index (χ1) is 13.2. The number of ether oxygens (including phenoxy) is 1. The molecule has 2 nitrogen and oxygen atoms in total. The second-order valence-electron chi connectivity index (χ2n) is 7.89. The van der Waals surface area contributed by atoms with Crippen LogP contribution >= 0.6 is 0 Å². The maximum Gasteiger partial charge on any atom is 0.150 e. The van der Waals surface area contributed by atoms with E-state index in [1.165, 1.54) is 24.0 Å². The highest BCUT2D eigenvalue weighted by Crippen LogP contribution is 2.40. The summed E-state index contributed by atoms with van der Waals surface area (Å²) in [4.78, 5) is 0. The van der Waals surface area contributed by atoms with Gasteiger partial charge in [0.15, 0.2) is 5.75 Å². The largest absolute Gasteiger partial charge is 0.455 e. The van der Waals surface area contributed by atoms with Crippen LogP contribution in [0.2, 0.25) is 0 Å². The van der Waals surface area contributed by atoms with Crippen LogP contribution in [0, 0.1) is 17.8 Å². The fraction of sp³-hybridized carbons (Fsp3) is 0.360. The molecule has 138 valence electrons. The second-order valence-corrected chi connectivity index (χ2v) is 7.89. The molecule has 2 heteroatoms. The normalized spacial score (nSPS) is 18.0. The molecule has 1 N–H and O–H groups in total. The summed E-state index contributed by atoms with van der Waals surface area (Å²) in [5.41, 5.74) is 4.73. The molecule has 27 heavy (non-hydrogen) atoms. The van der Waals surface area contributed by atoms with Crippen LogP contribution in [-0.2, 0) is 6.42 Å². The van der Waals surface area contributed by atoms with Crippen LogP contribution in [0.3, 0.4) is 0 Å². The van der Waals surface area contributed by atoms with Crippen molar-refractivity contribution in [3.63, 3.8) is 0 Å². The van der Waals surface area contributed by atoms with Gasteiger partial charge in [0.05, 0.1) is 5.69 Å². The van der Waals surface area contributed by atoms with Gasteiger partial charge in [0.1, 0.15) is 11.8 Å². The summed E-state index contributed by atoms with van der Waals surface area (Å²) in [5, 5.41) is 3.64. The maximum absolute atomic E-state index is 6.24. The van der Waals surface area contributed by atoms with Crippen LogP contribution < -0.4 is 10.1 Å². The van der Waals surface area contributed by atoms with Crippen molar-refractivity contribution in [1.82, 2.24) is 0 Å². The van der Waals surface area contributed by atoms with Crippen LogP contribution in [0.5, 0.6) is 11.5 Å². The van der Waals surface area contributed by atoms with Gasteiger partial charge in [-0.1, -0.05) is 56.0 Å². The molecule has 0 unspecified atom stereocenters. The summed E-state index contributed by atoms with van der Waals surface area (Å²) in [6.45, 7) is 4.50. The Morgan fingerprint density at radius 3 is 2.81 bits per heavy atom. The molecule has 0 fully saturated rings. The Balaban J connectivity index is 1.70. The molecule has 0 saturated heterocycles. The first-order valence-electron chi connectivity index (χ1n) is 10.1. The van der Waals surface area contributed by atoms with E-state index in [2.05, 4.69) is 67.4 Å². The van der Waals surface area contributed by atoms with Crippen LogP contribution in [0.4, 0.5) is 5.69 Å². The molecule has 0 bridgehead atoms. The van der Waals surface area contributed by atoms with Gasteiger partial charge in [0, 0.05) is 5.56 Å². The highest BCUT2D eigenvalue weighted by Gasteiger charge is 2.21. The Kier molecular flexibility index (Phi) is 5.21. The van der Waals surface area contributed by atoms with Gasteiger partial charge in [-0.3, -0.25) is 0 Å². The van der Waals surface area contributed by atoms with Gasteiger partial charge in [-0.05, 0) is 67.4 Å². The van der Waals surface area contributed by atoms with Gasteiger partial charge in [0.25, 0.3) is 0 Å². The molecular formula is C25H27NO. The van der Waals surface area contributed by atoms with Gasteiger partial charge >= 0.3 is 0 Å². The van der Waals surface area contributed by atoms with Crippen LogP contribution in [0.15, 0.2) is 54.1 Å². The lowest BCUT2D eigenvalue weighted by Crippen LogP contribution is -2.08. The summed E-state index contributed by atoms with van der Waals surface area (Å²) in [5.74, 6) is 9.29. The summed E-state index contributed by atoms with van der Waals surface area (Å²) in [6, 6.07) is 14.6. The quantitative estimate of drug-likeness (QED) is 0.608. The van der Waals surface area contributed by atoms with Gasteiger partial charge in [-0.25, -0.2) is 0 Å². The number of rotatable bonds is 2. The summed E-state index contributed by atoms with van der Waals surface area (Å²) >= 11 is 0. The fourth-order valence-corrected chi connectivity index (χ4v) is 3.77. The maximum atomic E-state index is 6.24. The number of benzene rings is 2. The lowest BCUT2D eigenvalue weighted by molar-refractivity contribution is 0.483. The number of fused-ring (bicyclic) bond motifs is 2. The van der Waals surface area contributed by atoms with E-state index in [-0.39, 0.29) is 6.04 Å². The van der Waals surface area contributed by atoms with E-state index in [4.69, 9.17) is 4.74 Å². The topological polar surface area (TPSA) is 21.3 Å². The number of anilines is 1. The lowest BCUT2D eigenvalue weighted by Gasteiger charge is -2.14. The molecule has 2 aliphatic rings. The van der Waals surface area contributed by atoms with Crippen molar-refractivity contribution in [3.05, 3.63) is 65.2 Å². The Labute approximate surface area is 162 Å². The first-order valence-corrected chi connectivity index (χ1v) is 10.1. The average molecular weight is 357 g/mol. The molecule has 2 aromatic rings. The third-order valence-electron chi connectivity index (χ3n) is 5.11. The van der Waals surface area contributed by atoms with Crippen molar-refractivity contribution in [3.8, 4) is 23.3 Å². The average Bonchev–Trinajstić information content (AvgIpc) is 2.83. The minimum atomic E-state index is -0.0698. The Bertz CT molecular complexity index is 913. The molecule has 0 aromatic heterocycles. The summed E-state index contributed by atoms with van der Waals surface area (Å²) in [7, 11) is 0. The summed E-state index contributed by atoms with van der Waals surface area (Å²) < 4.78 is 6.24. The molecule has 1 aliphatic carbocycles. The predicted octanol–water partition coefficient (Wildman–Crippen LogP) is 6.65. The van der Waals surface area contributed by atoms with Crippen molar-refractivity contribution in [2.45, 2.75) is 52.0 Å². The fourth-order valence-electron chi connectivity index (χ4n) is 3.77. The third-order valence-corrected chi connectivity index (χ3v) is 5.11. The molecule has 2 aromatic carbocycles. The van der Waals surface area contributed by atoms with Crippen molar-refractivity contribution >= 4 is 5.69 Å². The van der Waals surface area contributed by atoms with E-state index in [0.717, 1.165) is 42.0 Å². The molecule has 1 aliphatic heterocycles. The molecule has 0 amide bonds. The second kappa shape index (κ2) is 7.92. The number of hydrogen-bond donors (Lipinski definition) is 1. The minimum Gasteiger partial charge on any atom is -0.455 e. The van der Waals surface area contributed by atoms with E-state index in [9.17, 15) is 0 Å². The van der Waals surface area contributed by atoms with Gasteiger partial charge in [-0.2, -0.15) is 0 Å². The highest BCUT2D eigenvalue weighted by molar-refractivity contribution is 5.65. The minimum absolute atomic E-state index is 0.0698. The highest BCUT2D eigenvalue weighted by atomic mass is 16.5. The van der Waals surface area contributed by atoms with E-state index in [1.807, 2.05) is 12.1 Å². The Morgan fingerprint density at radius 1 is 1.11 bits per heavy atom. The van der Waals surface area contributed by atoms with Gasteiger partial charge in [0.2, 0.25) is 0 Å². The first kappa shape index (κ1) is 17.7. The molecule has 0 spiro atoms. The van der Waals surface area contributed by atoms with Crippen LogP contribution in [0.1, 0.15) is 56.7 Å². The van der Waals surface area contributed by atoms with E-state index >= 15 is 0 Å². The predicted molar refractivity (Wildman–Crippen MR) is 112 cm³/mol. The molecule has 1 heterocycles. The number of nitrogens with one attached hydrogen (secondary N) is 1. The van der Waals surface area contributed by atoms with Crippen LogP contribution in [0.25, 0.3) is 0 Å². The van der Waals surface area contributed by atoms with E-state index in [1.54, 1.807) is 0 Å². The Morgan fingerprint density at radius 2 is 2.00 bits per heavy atom. The zero-order valence-corrected chi connectivity index (χ0v) is 16.2. The SMILES string of the molecule is CC(C)Cc1ccc2c(c1)N[C@H](C#CC1=CCCCC1)c1ccccc1O2. The van der Waals surface area contributed by atoms with Crippen molar-refractivity contribution in [2.75, 3.05) is 5.32 Å². The monoisotopic (exact) mass is 357 g/mol. The van der Waals surface area contributed by atoms with Crippen molar-refractivity contribution in [1.29, 1.82) is 0 Å². The van der Waals surface area contributed by atoms with E-state index < -0.39 is 0 Å². The molecule has 1 atom stereocenters. The zero-order valence-electron chi connectivity index (χ0n) is 16.2. The van der Waals surface area contributed by atoms with Gasteiger partial charge in [-0.15, -0.1) is 0 Å². The smallest absolute Gasteiger partial charge is 0.150 e.